The third-order valence-corrected chi connectivity index (χ3v) is 17.2. The molecule has 1 aromatic heterocycles. The van der Waals surface area contributed by atoms with Crippen LogP contribution in [-0.2, 0) is 10.8 Å². The van der Waals surface area contributed by atoms with Gasteiger partial charge in [0.1, 0.15) is 34.2 Å². The molecule has 364 valence electrons. The van der Waals surface area contributed by atoms with Gasteiger partial charge in [0, 0.05) is 55.7 Å². The number of anilines is 3. The standard InChI is InChI=1S/C74H45NO3/c1-4-23-58-53(17-1)54-44-43-50(45-65(54)74(58)62-27-8-13-33-69(62)77-70-34-14-9-28-63(70)74)75(49-41-37-47(38-42-49)52-21-15-22-56-55-18-3-10-30-66(55)78-72(52)56)48-39-35-46(36-40-48)51-20-16-29-64-71(51)57-19-2-5-24-59(57)73(64)60-25-6-11-31-67(60)76-68-32-12-7-26-61(68)73/h1-45H. The fourth-order valence-corrected chi connectivity index (χ4v) is 14.1. The van der Waals surface area contributed by atoms with Gasteiger partial charge < -0.3 is 18.8 Å². The molecule has 2 aliphatic carbocycles. The lowest BCUT2D eigenvalue weighted by Gasteiger charge is -2.39. The van der Waals surface area contributed by atoms with Gasteiger partial charge in [0.25, 0.3) is 0 Å². The minimum Gasteiger partial charge on any atom is -0.457 e. The zero-order chi connectivity index (χ0) is 51.1. The molecular formula is C74H45NO3. The summed E-state index contributed by atoms with van der Waals surface area (Å²) in [6.45, 7) is 0. The van der Waals surface area contributed by atoms with Gasteiger partial charge in [-0.25, -0.2) is 0 Å². The summed E-state index contributed by atoms with van der Waals surface area (Å²) in [5.41, 5.74) is 22.8. The quantitative estimate of drug-likeness (QED) is 0.172. The van der Waals surface area contributed by atoms with Crippen LogP contribution in [0.2, 0.25) is 0 Å². The zero-order valence-electron chi connectivity index (χ0n) is 42.2. The Labute approximate surface area is 451 Å². The van der Waals surface area contributed by atoms with Crippen LogP contribution in [0, 0.1) is 0 Å². The Hall–Kier alpha value is -10.2. The highest BCUT2D eigenvalue weighted by molar-refractivity contribution is 6.09. The number of rotatable bonds is 5. The fraction of sp³-hybridized carbons (Fsp3) is 0.0270. The molecule has 0 radical (unpaired) electrons. The highest BCUT2D eigenvalue weighted by Crippen LogP contribution is 2.65. The van der Waals surface area contributed by atoms with Crippen molar-refractivity contribution >= 4 is 39.0 Å². The average molecular weight is 996 g/mol. The lowest BCUT2D eigenvalue weighted by atomic mass is 9.66. The van der Waals surface area contributed by atoms with E-state index in [1.165, 1.54) is 50.1 Å². The summed E-state index contributed by atoms with van der Waals surface area (Å²) < 4.78 is 20.0. The van der Waals surface area contributed by atoms with Crippen LogP contribution in [0.4, 0.5) is 17.1 Å². The van der Waals surface area contributed by atoms with Gasteiger partial charge in [0.05, 0.1) is 10.8 Å². The molecule has 17 rings (SSSR count). The number of ether oxygens (including phenoxy) is 2. The molecule has 0 N–H and O–H groups in total. The normalized spacial score (nSPS) is 14.1. The largest absolute Gasteiger partial charge is 0.457 e. The van der Waals surface area contributed by atoms with E-state index in [1.807, 2.05) is 12.1 Å². The Morgan fingerprint density at radius 3 is 1.29 bits per heavy atom. The van der Waals surface area contributed by atoms with Gasteiger partial charge in [-0.2, -0.15) is 0 Å². The molecule has 0 unspecified atom stereocenters. The van der Waals surface area contributed by atoms with Crippen LogP contribution in [0.5, 0.6) is 23.0 Å². The number of hydrogen-bond donors (Lipinski definition) is 0. The van der Waals surface area contributed by atoms with E-state index in [9.17, 15) is 0 Å². The Morgan fingerprint density at radius 2 is 0.679 bits per heavy atom. The average Bonchev–Trinajstić information content (AvgIpc) is 3.20. The Morgan fingerprint density at radius 1 is 0.269 bits per heavy atom. The minimum atomic E-state index is -0.620. The van der Waals surface area contributed by atoms with Gasteiger partial charge in [0.15, 0.2) is 0 Å². The van der Waals surface area contributed by atoms with E-state index in [-0.39, 0.29) is 0 Å². The summed E-state index contributed by atoms with van der Waals surface area (Å²) in [5.74, 6) is 3.52. The fourth-order valence-electron chi connectivity index (χ4n) is 14.1. The number of para-hydroxylation sites is 6. The summed E-state index contributed by atoms with van der Waals surface area (Å²) in [5, 5.41) is 2.23. The SMILES string of the molecule is c1ccc2c(c1)Oc1ccccc1C21c2ccccc2-c2ccc(N(c3ccc(-c4cccc5c4-c4ccccc4C54c5ccccc5Oc5ccccc54)cc3)c3ccc(-c4cccc5c4oc4ccccc45)cc3)cc21. The van der Waals surface area contributed by atoms with Crippen molar-refractivity contribution in [1.82, 2.24) is 0 Å². The molecule has 4 heteroatoms. The smallest absolute Gasteiger partial charge is 0.143 e. The molecule has 0 fully saturated rings. The third kappa shape index (κ3) is 5.73. The van der Waals surface area contributed by atoms with E-state index in [0.717, 1.165) is 101 Å². The highest BCUT2D eigenvalue weighted by atomic mass is 16.5. The molecule has 4 aliphatic rings. The van der Waals surface area contributed by atoms with Crippen LogP contribution in [0.1, 0.15) is 44.5 Å². The summed E-state index contributed by atoms with van der Waals surface area (Å²) >= 11 is 0. The van der Waals surface area contributed by atoms with E-state index < -0.39 is 10.8 Å². The number of furan rings is 1. The molecular weight excluding hydrogens is 951 g/mol. The maximum absolute atomic E-state index is 6.74. The molecule has 0 bridgehead atoms. The summed E-state index contributed by atoms with van der Waals surface area (Å²) in [7, 11) is 0. The van der Waals surface area contributed by atoms with E-state index in [4.69, 9.17) is 13.9 Å². The molecule has 2 aliphatic heterocycles. The summed E-state index contributed by atoms with van der Waals surface area (Å²) in [6.07, 6.45) is 0. The van der Waals surface area contributed by atoms with E-state index in [1.54, 1.807) is 0 Å². The third-order valence-electron chi connectivity index (χ3n) is 17.2. The molecule has 0 amide bonds. The maximum Gasteiger partial charge on any atom is 0.143 e. The first-order chi connectivity index (χ1) is 38.7. The second kappa shape index (κ2) is 16.2. The van der Waals surface area contributed by atoms with E-state index in [0.29, 0.717) is 0 Å². The number of fused-ring (bicyclic) bond motifs is 21. The van der Waals surface area contributed by atoms with E-state index in [2.05, 4.69) is 266 Å². The summed E-state index contributed by atoms with van der Waals surface area (Å²) in [6, 6.07) is 99.1. The minimum absolute atomic E-state index is 0.553. The molecule has 13 aromatic rings. The highest BCUT2D eigenvalue weighted by Gasteiger charge is 2.53. The molecule has 12 aromatic carbocycles. The van der Waals surface area contributed by atoms with Crippen molar-refractivity contribution in [2.45, 2.75) is 10.8 Å². The topological polar surface area (TPSA) is 34.8 Å². The van der Waals surface area contributed by atoms with Crippen LogP contribution >= 0.6 is 0 Å². The van der Waals surface area contributed by atoms with Crippen molar-refractivity contribution in [1.29, 1.82) is 0 Å². The van der Waals surface area contributed by atoms with Crippen LogP contribution in [0.3, 0.4) is 0 Å². The van der Waals surface area contributed by atoms with Gasteiger partial charge in [-0.05, 0) is 128 Å². The van der Waals surface area contributed by atoms with Crippen LogP contribution in [0.15, 0.2) is 277 Å². The zero-order valence-corrected chi connectivity index (χ0v) is 42.2. The second-order valence-corrected chi connectivity index (χ2v) is 20.9. The van der Waals surface area contributed by atoms with Crippen LogP contribution in [-0.4, -0.2) is 0 Å². The second-order valence-electron chi connectivity index (χ2n) is 20.9. The first kappa shape index (κ1) is 43.1. The molecule has 2 spiro atoms. The predicted molar refractivity (Wildman–Crippen MR) is 314 cm³/mol. The van der Waals surface area contributed by atoms with Gasteiger partial charge in [-0.1, -0.05) is 206 Å². The van der Waals surface area contributed by atoms with Gasteiger partial charge in [-0.3, -0.25) is 0 Å². The first-order valence-corrected chi connectivity index (χ1v) is 26.8. The van der Waals surface area contributed by atoms with Crippen LogP contribution in [0.25, 0.3) is 66.4 Å². The first-order valence-electron chi connectivity index (χ1n) is 26.8. The molecule has 4 nitrogen and oxygen atoms in total. The molecule has 3 heterocycles. The predicted octanol–water partition coefficient (Wildman–Crippen LogP) is 19.3. The monoisotopic (exact) mass is 995 g/mol. The van der Waals surface area contributed by atoms with Crippen molar-refractivity contribution in [3.8, 4) is 67.5 Å². The molecule has 0 saturated heterocycles. The van der Waals surface area contributed by atoms with Gasteiger partial charge in [0.2, 0.25) is 0 Å². The maximum atomic E-state index is 6.74. The van der Waals surface area contributed by atoms with Crippen LogP contribution < -0.4 is 14.4 Å². The number of hydrogen-bond acceptors (Lipinski definition) is 4. The number of benzene rings is 12. The van der Waals surface area contributed by atoms with Gasteiger partial charge >= 0.3 is 0 Å². The van der Waals surface area contributed by atoms with Crippen molar-refractivity contribution in [3.05, 3.63) is 317 Å². The van der Waals surface area contributed by atoms with Crippen molar-refractivity contribution < 1.29 is 13.9 Å². The Bertz CT molecular complexity index is 4550. The molecule has 0 atom stereocenters. The summed E-state index contributed by atoms with van der Waals surface area (Å²) in [4.78, 5) is 2.42. The molecule has 0 saturated carbocycles. The van der Waals surface area contributed by atoms with Gasteiger partial charge in [-0.15, -0.1) is 0 Å². The van der Waals surface area contributed by atoms with E-state index >= 15 is 0 Å². The lowest BCUT2D eigenvalue weighted by Crippen LogP contribution is -2.32. The number of nitrogens with zero attached hydrogens (tertiary/aromatic N) is 1. The van der Waals surface area contributed by atoms with Crippen molar-refractivity contribution in [2.75, 3.05) is 4.90 Å². The lowest BCUT2D eigenvalue weighted by molar-refractivity contribution is 0.436. The van der Waals surface area contributed by atoms with Crippen molar-refractivity contribution in [3.63, 3.8) is 0 Å². The Balaban J connectivity index is 0.852. The van der Waals surface area contributed by atoms with Crippen molar-refractivity contribution in [2.24, 2.45) is 0 Å². The Kier molecular flexibility index (Phi) is 8.94. The molecule has 78 heavy (non-hydrogen) atoms.